The highest BCUT2D eigenvalue weighted by molar-refractivity contribution is 6.33. The quantitative estimate of drug-likeness (QED) is 0.101. The molecular weight excluding hydrogens is 666 g/mol. The Kier molecular flexibility index (Phi) is 9.51. The highest BCUT2D eigenvalue weighted by atomic mass is 19.4. The van der Waals surface area contributed by atoms with E-state index in [0.29, 0.717) is 0 Å². The molecule has 4 aromatic carbocycles. The van der Waals surface area contributed by atoms with Crippen molar-refractivity contribution in [2.24, 2.45) is 0 Å². The van der Waals surface area contributed by atoms with Crippen LogP contribution in [0.5, 0.6) is 0 Å². The summed E-state index contributed by atoms with van der Waals surface area (Å²) in [6.45, 7) is 0.293. The fourth-order valence-electron chi connectivity index (χ4n) is 6.45. The SMILES string of the molecule is O=C1c2ccc3c4c(ccc(c24)C(=O)N1CCCNCc1ccccc1C(F)(F)F)C(=O)N(CCCNCc1ccccc1C(F)(F)F)C3=O. The zero-order chi connectivity index (χ0) is 35.8. The fourth-order valence-corrected chi connectivity index (χ4v) is 6.45. The molecule has 2 aliphatic rings. The first-order valence-electron chi connectivity index (χ1n) is 15.8. The van der Waals surface area contributed by atoms with Gasteiger partial charge in [0.1, 0.15) is 0 Å². The Bertz CT molecular complexity index is 1800. The Morgan fingerprint density at radius 3 is 1.12 bits per heavy atom. The first-order chi connectivity index (χ1) is 23.8. The van der Waals surface area contributed by atoms with Crippen LogP contribution in [0.3, 0.4) is 0 Å². The Balaban J connectivity index is 1.09. The van der Waals surface area contributed by atoms with Crippen LogP contribution in [0, 0.1) is 0 Å². The highest BCUT2D eigenvalue weighted by Crippen LogP contribution is 2.38. The summed E-state index contributed by atoms with van der Waals surface area (Å²) in [5.74, 6) is -2.47. The van der Waals surface area contributed by atoms with Gasteiger partial charge in [-0.2, -0.15) is 26.3 Å². The van der Waals surface area contributed by atoms with E-state index < -0.39 is 47.1 Å². The maximum atomic E-state index is 13.5. The summed E-state index contributed by atoms with van der Waals surface area (Å²) in [5.41, 5.74) is -0.767. The molecule has 14 heteroatoms. The molecule has 8 nitrogen and oxygen atoms in total. The van der Waals surface area contributed by atoms with Gasteiger partial charge >= 0.3 is 12.4 Å². The second-order valence-electron chi connectivity index (χ2n) is 12.0. The summed E-state index contributed by atoms with van der Waals surface area (Å²) in [6, 6.07) is 16.1. The number of benzene rings is 4. The van der Waals surface area contributed by atoms with Gasteiger partial charge < -0.3 is 10.6 Å². The Morgan fingerprint density at radius 1 is 0.480 bits per heavy atom. The zero-order valence-electron chi connectivity index (χ0n) is 26.4. The number of carbonyl (C=O) groups is 4. The molecule has 0 bridgehead atoms. The molecule has 50 heavy (non-hydrogen) atoms. The van der Waals surface area contributed by atoms with Gasteiger partial charge in [-0.05, 0) is 73.5 Å². The summed E-state index contributed by atoms with van der Waals surface area (Å²) in [5, 5.41) is 6.27. The average molecular weight is 697 g/mol. The van der Waals surface area contributed by atoms with E-state index in [1.807, 2.05) is 0 Å². The molecule has 6 rings (SSSR count). The summed E-state index contributed by atoms with van der Waals surface area (Å²) < 4.78 is 79.7. The van der Waals surface area contributed by atoms with Crippen LogP contribution >= 0.6 is 0 Å². The van der Waals surface area contributed by atoms with Crippen LogP contribution in [0.4, 0.5) is 26.3 Å². The lowest BCUT2D eigenvalue weighted by Crippen LogP contribution is -2.44. The average Bonchev–Trinajstić information content (AvgIpc) is 3.08. The van der Waals surface area contributed by atoms with E-state index >= 15 is 0 Å². The molecular formula is C36H30F6N4O4. The van der Waals surface area contributed by atoms with Gasteiger partial charge in [0.15, 0.2) is 0 Å². The topological polar surface area (TPSA) is 98.8 Å². The molecule has 4 aromatic rings. The second-order valence-corrected chi connectivity index (χ2v) is 12.0. The normalized spacial score (nSPS) is 14.7. The summed E-state index contributed by atoms with van der Waals surface area (Å²) in [7, 11) is 0. The number of rotatable bonds is 12. The lowest BCUT2D eigenvalue weighted by atomic mass is 9.86. The van der Waals surface area contributed by atoms with Crippen LogP contribution in [-0.4, -0.2) is 59.6 Å². The summed E-state index contributed by atoms with van der Waals surface area (Å²) in [6.07, 6.45) is -8.47. The van der Waals surface area contributed by atoms with Gasteiger partial charge in [-0.25, -0.2) is 0 Å². The minimum atomic E-state index is -4.50. The van der Waals surface area contributed by atoms with Crippen LogP contribution in [0.15, 0.2) is 72.8 Å². The molecule has 2 N–H and O–H groups in total. The number of imide groups is 2. The summed E-state index contributed by atoms with van der Waals surface area (Å²) >= 11 is 0. The summed E-state index contributed by atoms with van der Waals surface area (Å²) in [4.78, 5) is 56.1. The fraction of sp³-hybridized carbons (Fsp3) is 0.278. The minimum Gasteiger partial charge on any atom is -0.313 e. The van der Waals surface area contributed by atoms with Crippen LogP contribution in [0.2, 0.25) is 0 Å². The van der Waals surface area contributed by atoms with Crippen molar-refractivity contribution < 1.29 is 45.5 Å². The van der Waals surface area contributed by atoms with Gasteiger partial charge in [-0.3, -0.25) is 29.0 Å². The van der Waals surface area contributed by atoms with Crippen molar-refractivity contribution in [3.8, 4) is 0 Å². The third kappa shape index (κ3) is 6.60. The molecule has 0 saturated carbocycles. The number of halogens is 6. The predicted molar refractivity (Wildman–Crippen MR) is 170 cm³/mol. The molecule has 4 amide bonds. The van der Waals surface area contributed by atoms with Gasteiger partial charge in [0.2, 0.25) is 0 Å². The van der Waals surface area contributed by atoms with E-state index in [1.165, 1.54) is 60.7 Å². The number of hydrogen-bond donors (Lipinski definition) is 2. The standard InChI is InChI=1S/C36H30F6N4O4/c37-35(38,39)27-9-3-1-7-21(27)19-43-15-5-17-45-31(47)23-11-13-25-30-26(14-12-24(29(23)30)32(45)48)34(50)46(33(25)49)18-6-16-44-20-22-8-2-4-10-28(22)36(40,41)42/h1-4,7-14,43-44H,5-6,15-20H2. The lowest BCUT2D eigenvalue weighted by Gasteiger charge is -2.32. The molecule has 0 radical (unpaired) electrons. The van der Waals surface area contributed by atoms with Crippen LogP contribution in [0.1, 0.15) is 76.5 Å². The van der Waals surface area contributed by atoms with Crippen molar-refractivity contribution in [3.63, 3.8) is 0 Å². The molecule has 0 fully saturated rings. The van der Waals surface area contributed by atoms with Crippen molar-refractivity contribution in [2.45, 2.75) is 38.3 Å². The van der Waals surface area contributed by atoms with Gasteiger partial charge in [0, 0.05) is 59.2 Å². The second kappa shape index (κ2) is 13.7. The molecule has 0 spiro atoms. The number of hydrogen-bond acceptors (Lipinski definition) is 6. The van der Waals surface area contributed by atoms with E-state index in [-0.39, 0.29) is 96.3 Å². The molecule has 0 unspecified atom stereocenters. The van der Waals surface area contributed by atoms with E-state index in [1.54, 1.807) is 0 Å². The van der Waals surface area contributed by atoms with Crippen LogP contribution < -0.4 is 10.6 Å². The Labute approximate surface area is 282 Å². The third-order valence-corrected chi connectivity index (χ3v) is 8.81. The third-order valence-electron chi connectivity index (χ3n) is 8.81. The first kappa shape index (κ1) is 34.8. The smallest absolute Gasteiger partial charge is 0.313 e. The van der Waals surface area contributed by atoms with Crippen molar-refractivity contribution in [3.05, 3.63) is 117 Å². The van der Waals surface area contributed by atoms with Crippen molar-refractivity contribution >= 4 is 34.4 Å². The Morgan fingerprint density at radius 2 is 0.800 bits per heavy atom. The molecule has 260 valence electrons. The van der Waals surface area contributed by atoms with Crippen LogP contribution in [0.25, 0.3) is 10.8 Å². The van der Waals surface area contributed by atoms with E-state index in [9.17, 15) is 45.5 Å². The number of alkyl halides is 6. The first-order valence-corrected chi connectivity index (χ1v) is 15.8. The van der Waals surface area contributed by atoms with Gasteiger partial charge in [-0.15, -0.1) is 0 Å². The maximum Gasteiger partial charge on any atom is 0.416 e. The van der Waals surface area contributed by atoms with E-state index in [2.05, 4.69) is 10.6 Å². The number of amides is 4. The molecule has 2 aliphatic heterocycles. The van der Waals surface area contributed by atoms with Crippen molar-refractivity contribution in [1.29, 1.82) is 0 Å². The predicted octanol–water partition coefficient (Wildman–Crippen LogP) is 6.43. The van der Waals surface area contributed by atoms with Crippen LogP contribution in [-0.2, 0) is 25.4 Å². The zero-order valence-corrected chi connectivity index (χ0v) is 26.4. The molecule has 0 atom stereocenters. The largest absolute Gasteiger partial charge is 0.416 e. The van der Waals surface area contributed by atoms with E-state index in [4.69, 9.17) is 0 Å². The highest BCUT2D eigenvalue weighted by Gasteiger charge is 2.39. The number of nitrogens with zero attached hydrogens (tertiary/aromatic N) is 2. The minimum absolute atomic E-state index is 0.0164. The molecule has 0 aliphatic carbocycles. The lowest BCUT2D eigenvalue weighted by molar-refractivity contribution is -0.139. The van der Waals surface area contributed by atoms with Crippen molar-refractivity contribution in [2.75, 3.05) is 26.2 Å². The van der Waals surface area contributed by atoms with Gasteiger partial charge in [0.25, 0.3) is 23.6 Å². The monoisotopic (exact) mass is 696 g/mol. The maximum absolute atomic E-state index is 13.5. The van der Waals surface area contributed by atoms with Gasteiger partial charge in [0.05, 0.1) is 11.1 Å². The molecule has 2 heterocycles. The molecule has 0 saturated heterocycles. The van der Waals surface area contributed by atoms with E-state index in [0.717, 1.165) is 21.9 Å². The number of nitrogens with one attached hydrogen (secondary N) is 2. The van der Waals surface area contributed by atoms with Gasteiger partial charge in [-0.1, -0.05) is 36.4 Å². The number of carbonyl (C=O) groups excluding carboxylic acids is 4. The Hall–Kier alpha value is -5.08. The van der Waals surface area contributed by atoms with Crippen molar-refractivity contribution in [1.82, 2.24) is 20.4 Å². The molecule has 0 aromatic heterocycles.